The van der Waals surface area contributed by atoms with Crippen LogP contribution >= 0.6 is 0 Å². The molecule has 210 valence electrons. The first-order valence-electron chi connectivity index (χ1n) is 12.4. The Morgan fingerprint density at radius 2 is 1.79 bits per heavy atom. The van der Waals surface area contributed by atoms with Gasteiger partial charge in [-0.25, -0.2) is 4.79 Å². The van der Waals surface area contributed by atoms with E-state index >= 15 is 0 Å². The Labute approximate surface area is 223 Å². The summed E-state index contributed by atoms with van der Waals surface area (Å²) >= 11 is 0. The second-order valence-corrected chi connectivity index (χ2v) is 9.42. The summed E-state index contributed by atoms with van der Waals surface area (Å²) in [5, 5.41) is 23.9. The number of primary amides is 1. The number of amides is 4. The number of carbonyl (C=O) groups is 6. The van der Waals surface area contributed by atoms with E-state index in [2.05, 4.69) is 15.6 Å². The van der Waals surface area contributed by atoms with Crippen LogP contribution in [0.4, 0.5) is 0 Å². The number of likely N-dealkylation sites (tertiary alicyclic amines) is 1. The van der Waals surface area contributed by atoms with Crippen molar-refractivity contribution in [1.29, 1.82) is 0 Å². The number of aliphatic carboxylic acids is 2. The molecule has 4 atom stereocenters. The monoisotopic (exact) mass is 544 g/mol. The fraction of sp³-hybridized carbons (Fsp3) is 0.440. The number of nitrogens with two attached hydrogens (primary N) is 2. The molecule has 2 heterocycles. The van der Waals surface area contributed by atoms with Crippen molar-refractivity contribution < 1.29 is 39.0 Å². The maximum atomic E-state index is 13.7. The van der Waals surface area contributed by atoms with Crippen LogP contribution in [0.3, 0.4) is 0 Å². The number of fused-ring (bicyclic) bond motifs is 1. The summed E-state index contributed by atoms with van der Waals surface area (Å²) in [5.41, 5.74) is 12.6. The van der Waals surface area contributed by atoms with Crippen LogP contribution in [-0.2, 0) is 35.2 Å². The lowest BCUT2D eigenvalue weighted by atomic mass is 10.0. The van der Waals surface area contributed by atoms with Crippen molar-refractivity contribution in [3.63, 3.8) is 0 Å². The minimum Gasteiger partial charge on any atom is -0.481 e. The van der Waals surface area contributed by atoms with Gasteiger partial charge in [-0.2, -0.15) is 0 Å². The number of aromatic nitrogens is 1. The number of benzene rings is 1. The maximum absolute atomic E-state index is 13.7. The van der Waals surface area contributed by atoms with Gasteiger partial charge in [-0.15, -0.1) is 0 Å². The van der Waals surface area contributed by atoms with E-state index in [1.165, 1.54) is 4.90 Å². The molecule has 1 aliphatic rings. The van der Waals surface area contributed by atoms with E-state index in [0.29, 0.717) is 6.42 Å². The largest absolute Gasteiger partial charge is 0.481 e. The summed E-state index contributed by atoms with van der Waals surface area (Å²) in [4.78, 5) is 77.4. The zero-order valence-corrected chi connectivity index (χ0v) is 21.1. The lowest BCUT2D eigenvalue weighted by molar-refractivity contribution is -0.148. The van der Waals surface area contributed by atoms with Crippen molar-refractivity contribution in [2.24, 2.45) is 11.5 Å². The van der Waals surface area contributed by atoms with Crippen LogP contribution in [0.2, 0.25) is 0 Å². The van der Waals surface area contributed by atoms with Crippen molar-refractivity contribution in [2.75, 3.05) is 6.54 Å². The molecule has 2 aromatic rings. The summed E-state index contributed by atoms with van der Waals surface area (Å²) in [7, 11) is 0. The SMILES string of the molecule is NC(=O)CCC(N)C(=O)NC(Cc1c[nH]c2ccccc12)C(=O)N1CCCC1C(=O)NC(CC(=O)O)C(=O)O. The highest BCUT2D eigenvalue weighted by atomic mass is 16.4. The third-order valence-corrected chi connectivity index (χ3v) is 6.58. The topological polar surface area (TPSA) is 238 Å². The van der Waals surface area contributed by atoms with Gasteiger partial charge in [-0.1, -0.05) is 18.2 Å². The summed E-state index contributed by atoms with van der Waals surface area (Å²) in [5.74, 6) is -5.62. The Morgan fingerprint density at radius 3 is 2.46 bits per heavy atom. The maximum Gasteiger partial charge on any atom is 0.326 e. The van der Waals surface area contributed by atoms with Crippen molar-refractivity contribution in [3.8, 4) is 0 Å². The van der Waals surface area contributed by atoms with Gasteiger partial charge in [0.2, 0.25) is 23.6 Å². The fourth-order valence-corrected chi connectivity index (χ4v) is 4.57. The summed E-state index contributed by atoms with van der Waals surface area (Å²) in [6, 6.07) is 2.39. The number of nitrogens with zero attached hydrogens (tertiary/aromatic N) is 1. The molecule has 14 nitrogen and oxygen atoms in total. The molecule has 1 aromatic carbocycles. The van der Waals surface area contributed by atoms with Crippen LogP contribution < -0.4 is 22.1 Å². The zero-order chi connectivity index (χ0) is 28.7. The van der Waals surface area contributed by atoms with Crippen LogP contribution in [0, 0.1) is 0 Å². The molecule has 0 spiro atoms. The van der Waals surface area contributed by atoms with Gasteiger partial charge >= 0.3 is 11.9 Å². The first-order valence-corrected chi connectivity index (χ1v) is 12.4. The first-order chi connectivity index (χ1) is 18.5. The second kappa shape index (κ2) is 12.9. The standard InChI is InChI=1S/C25H32N6O8/c26-15(7-8-20(27)32)22(35)29-17(10-13-12-28-16-5-2-1-4-14(13)16)24(37)31-9-3-6-19(31)23(36)30-18(25(38)39)11-21(33)34/h1-2,4-5,12,15,17-19,28H,3,6-11,26H2,(H2,27,32)(H,29,35)(H,30,36)(H,33,34)(H,38,39). The van der Waals surface area contributed by atoms with E-state index in [1.54, 1.807) is 6.20 Å². The number of hydrogen-bond donors (Lipinski definition) is 7. The predicted octanol–water partition coefficient (Wildman–Crippen LogP) is -1.18. The molecule has 1 aliphatic heterocycles. The molecule has 1 saturated heterocycles. The number of hydrogen-bond acceptors (Lipinski definition) is 7. The summed E-state index contributed by atoms with van der Waals surface area (Å²) in [6.45, 7) is 0.168. The first kappa shape index (κ1) is 29.1. The molecular formula is C25H32N6O8. The molecule has 1 aromatic heterocycles. The van der Waals surface area contributed by atoms with Gasteiger partial charge in [0.05, 0.1) is 12.5 Å². The van der Waals surface area contributed by atoms with Gasteiger partial charge in [-0.05, 0) is 30.9 Å². The van der Waals surface area contributed by atoms with Gasteiger partial charge in [0.25, 0.3) is 0 Å². The van der Waals surface area contributed by atoms with Gasteiger partial charge < -0.3 is 42.2 Å². The third-order valence-electron chi connectivity index (χ3n) is 6.58. The Morgan fingerprint density at radius 1 is 1.08 bits per heavy atom. The quantitative estimate of drug-likeness (QED) is 0.160. The molecule has 3 rings (SSSR count). The molecule has 39 heavy (non-hydrogen) atoms. The average molecular weight is 545 g/mol. The van der Waals surface area contributed by atoms with E-state index in [-0.39, 0.29) is 32.2 Å². The highest BCUT2D eigenvalue weighted by Crippen LogP contribution is 2.23. The van der Waals surface area contributed by atoms with Gasteiger partial charge in [-0.3, -0.25) is 24.0 Å². The minimum atomic E-state index is -1.67. The van der Waals surface area contributed by atoms with Crippen LogP contribution in [0.15, 0.2) is 30.5 Å². The third kappa shape index (κ3) is 7.54. The highest BCUT2D eigenvalue weighted by Gasteiger charge is 2.39. The van der Waals surface area contributed by atoms with Crippen LogP contribution in [-0.4, -0.2) is 86.4 Å². The van der Waals surface area contributed by atoms with Crippen molar-refractivity contribution in [1.82, 2.24) is 20.5 Å². The number of rotatable bonds is 13. The van der Waals surface area contributed by atoms with E-state index in [1.807, 2.05) is 24.3 Å². The Balaban J connectivity index is 1.83. The Hall–Kier alpha value is -4.46. The van der Waals surface area contributed by atoms with Crippen molar-refractivity contribution >= 4 is 46.5 Å². The van der Waals surface area contributed by atoms with Gasteiger partial charge in [0.1, 0.15) is 18.1 Å². The molecule has 4 unspecified atom stereocenters. The van der Waals surface area contributed by atoms with E-state index in [9.17, 15) is 33.9 Å². The molecule has 0 radical (unpaired) electrons. The van der Waals surface area contributed by atoms with E-state index < -0.39 is 66.2 Å². The predicted molar refractivity (Wildman–Crippen MR) is 137 cm³/mol. The number of carboxylic acids is 2. The minimum absolute atomic E-state index is 0.0237. The molecule has 1 fully saturated rings. The molecule has 0 saturated carbocycles. The molecule has 9 N–H and O–H groups in total. The zero-order valence-electron chi connectivity index (χ0n) is 21.1. The van der Waals surface area contributed by atoms with E-state index in [4.69, 9.17) is 16.6 Å². The number of carboxylic acid groups (broad SMARTS) is 2. The number of H-pyrrole nitrogens is 1. The normalized spacial score (nSPS) is 17.3. The lowest BCUT2D eigenvalue weighted by Crippen LogP contribution is -2.57. The number of carbonyl (C=O) groups excluding carboxylic acids is 4. The second-order valence-electron chi connectivity index (χ2n) is 9.42. The average Bonchev–Trinajstić information content (AvgIpc) is 3.53. The summed E-state index contributed by atoms with van der Waals surface area (Å²) in [6.07, 6.45) is 1.45. The van der Waals surface area contributed by atoms with Gasteiger partial charge in [0, 0.05) is 36.5 Å². The molecule has 4 amide bonds. The van der Waals surface area contributed by atoms with Crippen molar-refractivity contribution in [3.05, 3.63) is 36.0 Å². The highest BCUT2D eigenvalue weighted by molar-refractivity contribution is 5.95. The molecule has 0 bridgehead atoms. The molecule has 14 heteroatoms. The fourth-order valence-electron chi connectivity index (χ4n) is 4.57. The summed E-state index contributed by atoms with van der Waals surface area (Å²) < 4.78 is 0. The molecule has 0 aliphatic carbocycles. The Kier molecular flexibility index (Phi) is 9.60. The van der Waals surface area contributed by atoms with Crippen LogP contribution in [0.1, 0.15) is 37.7 Å². The Bertz CT molecular complexity index is 1260. The van der Waals surface area contributed by atoms with Crippen LogP contribution in [0.25, 0.3) is 10.9 Å². The lowest BCUT2D eigenvalue weighted by Gasteiger charge is -2.30. The van der Waals surface area contributed by atoms with Gasteiger partial charge in [0.15, 0.2) is 0 Å². The number of nitrogens with one attached hydrogen (secondary N) is 3. The smallest absolute Gasteiger partial charge is 0.326 e. The van der Waals surface area contributed by atoms with Crippen LogP contribution in [0.5, 0.6) is 0 Å². The van der Waals surface area contributed by atoms with E-state index in [0.717, 1.165) is 16.5 Å². The van der Waals surface area contributed by atoms with Crippen molar-refractivity contribution in [2.45, 2.75) is 62.7 Å². The number of para-hydroxylation sites is 1. The number of aromatic amines is 1. The molecular weight excluding hydrogens is 512 g/mol.